The van der Waals surface area contributed by atoms with Gasteiger partial charge >= 0.3 is 0 Å². The summed E-state index contributed by atoms with van der Waals surface area (Å²) in [6.45, 7) is 6.58. The van der Waals surface area contributed by atoms with E-state index < -0.39 is 0 Å². The van der Waals surface area contributed by atoms with E-state index in [-0.39, 0.29) is 0 Å². The molecule has 3 atom stereocenters. The number of hydrogen-bond donors (Lipinski definition) is 1. The van der Waals surface area contributed by atoms with Gasteiger partial charge in [0, 0.05) is 25.0 Å². The van der Waals surface area contributed by atoms with Gasteiger partial charge in [0.1, 0.15) is 0 Å². The van der Waals surface area contributed by atoms with Crippen LogP contribution >= 0.6 is 0 Å². The summed E-state index contributed by atoms with van der Waals surface area (Å²) in [6, 6.07) is 0.926. The number of hydrogen-bond acceptors (Lipinski definition) is 2. The van der Waals surface area contributed by atoms with Crippen molar-refractivity contribution in [1.82, 2.24) is 10.2 Å². The number of likely N-dealkylation sites (tertiary alicyclic amines) is 1. The molecule has 3 nitrogen and oxygen atoms in total. The Morgan fingerprint density at radius 1 is 1.26 bits per heavy atom. The summed E-state index contributed by atoms with van der Waals surface area (Å²) in [5.74, 6) is 1.04. The number of piperidine rings is 2. The summed E-state index contributed by atoms with van der Waals surface area (Å²) < 4.78 is 0. The summed E-state index contributed by atoms with van der Waals surface area (Å²) in [4.78, 5) is 14.8. The molecule has 3 unspecified atom stereocenters. The molecule has 3 heteroatoms. The summed E-state index contributed by atoms with van der Waals surface area (Å²) in [6.07, 6.45) is 9.31. The quantitative estimate of drug-likeness (QED) is 0.848. The highest BCUT2D eigenvalue weighted by atomic mass is 16.2. The zero-order valence-corrected chi connectivity index (χ0v) is 12.7. The van der Waals surface area contributed by atoms with E-state index in [9.17, 15) is 4.79 Å². The van der Waals surface area contributed by atoms with Crippen LogP contribution in [0.5, 0.6) is 0 Å². The van der Waals surface area contributed by atoms with Crippen LogP contribution in [0.2, 0.25) is 0 Å². The van der Waals surface area contributed by atoms with Crippen molar-refractivity contribution < 1.29 is 4.79 Å². The van der Waals surface area contributed by atoms with Gasteiger partial charge in [-0.3, -0.25) is 4.79 Å². The Balaban J connectivity index is 1.89. The highest BCUT2D eigenvalue weighted by Gasteiger charge is 2.30. The molecule has 0 saturated carbocycles. The molecule has 2 heterocycles. The summed E-state index contributed by atoms with van der Waals surface area (Å²) >= 11 is 0. The van der Waals surface area contributed by atoms with Crippen molar-refractivity contribution >= 4 is 5.91 Å². The minimum absolute atomic E-state index is 0.393. The summed E-state index contributed by atoms with van der Waals surface area (Å²) in [5, 5.41) is 3.54. The minimum atomic E-state index is 0.393. The second-order valence-electron chi connectivity index (χ2n) is 6.41. The number of carbonyl (C=O) groups is 1. The number of nitrogens with zero attached hydrogens (tertiary/aromatic N) is 1. The van der Waals surface area contributed by atoms with Gasteiger partial charge in [0.2, 0.25) is 5.91 Å². The maximum absolute atomic E-state index is 12.6. The van der Waals surface area contributed by atoms with Crippen LogP contribution in [0.3, 0.4) is 0 Å². The maximum Gasteiger partial charge on any atom is 0.224 e. The van der Waals surface area contributed by atoms with Gasteiger partial charge in [-0.25, -0.2) is 0 Å². The standard InChI is InChI=1S/C16H30N2O/c1-3-7-14-9-4-5-11-18(14)16(19)12-15-13(2)8-6-10-17-15/h13-15,17H,3-12H2,1-2H3. The second kappa shape index (κ2) is 7.28. The molecule has 0 aromatic rings. The lowest BCUT2D eigenvalue weighted by atomic mass is 9.89. The monoisotopic (exact) mass is 266 g/mol. The van der Waals surface area contributed by atoms with Gasteiger partial charge in [-0.2, -0.15) is 0 Å². The fourth-order valence-electron chi connectivity index (χ4n) is 3.65. The zero-order chi connectivity index (χ0) is 13.7. The van der Waals surface area contributed by atoms with Crippen LogP contribution in [-0.2, 0) is 4.79 Å². The molecule has 0 aromatic heterocycles. The van der Waals surface area contributed by atoms with Crippen LogP contribution in [0, 0.1) is 5.92 Å². The molecule has 2 saturated heterocycles. The Bertz CT molecular complexity index is 290. The Kier molecular flexibility index (Phi) is 5.68. The van der Waals surface area contributed by atoms with E-state index in [1.54, 1.807) is 0 Å². The molecular formula is C16H30N2O. The second-order valence-corrected chi connectivity index (χ2v) is 6.41. The van der Waals surface area contributed by atoms with Crippen molar-refractivity contribution in [2.45, 2.75) is 77.3 Å². The van der Waals surface area contributed by atoms with Gasteiger partial charge in [-0.15, -0.1) is 0 Å². The van der Waals surface area contributed by atoms with E-state index in [4.69, 9.17) is 0 Å². The Labute approximate surface area is 118 Å². The molecule has 110 valence electrons. The van der Waals surface area contributed by atoms with Crippen LogP contribution in [-0.4, -0.2) is 36.0 Å². The van der Waals surface area contributed by atoms with E-state index in [1.807, 2.05) is 0 Å². The third kappa shape index (κ3) is 3.95. The Morgan fingerprint density at radius 3 is 2.84 bits per heavy atom. The van der Waals surface area contributed by atoms with E-state index in [0.29, 0.717) is 30.3 Å². The topological polar surface area (TPSA) is 32.3 Å². The lowest BCUT2D eigenvalue weighted by Gasteiger charge is -2.38. The first kappa shape index (κ1) is 14.8. The lowest BCUT2D eigenvalue weighted by molar-refractivity contribution is -0.136. The average Bonchev–Trinajstić information content (AvgIpc) is 2.42. The molecule has 0 aliphatic carbocycles. The summed E-state index contributed by atoms with van der Waals surface area (Å²) in [7, 11) is 0. The van der Waals surface area contributed by atoms with Crippen molar-refractivity contribution in [2.24, 2.45) is 5.92 Å². The smallest absolute Gasteiger partial charge is 0.224 e. The molecule has 19 heavy (non-hydrogen) atoms. The molecule has 1 N–H and O–H groups in total. The molecule has 2 fully saturated rings. The highest BCUT2D eigenvalue weighted by Crippen LogP contribution is 2.24. The van der Waals surface area contributed by atoms with Gasteiger partial charge in [-0.1, -0.05) is 20.3 Å². The molecule has 0 bridgehead atoms. The number of nitrogens with one attached hydrogen (secondary N) is 1. The number of rotatable bonds is 4. The van der Waals surface area contributed by atoms with Crippen molar-refractivity contribution in [1.29, 1.82) is 0 Å². The average molecular weight is 266 g/mol. The minimum Gasteiger partial charge on any atom is -0.340 e. The lowest BCUT2D eigenvalue weighted by Crippen LogP contribution is -2.48. The third-order valence-electron chi connectivity index (χ3n) is 4.89. The first-order valence-corrected chi connectivity index (χ1v) is 8.25. The van der Waals surface area contributed by atoms with Gasteiger partial charge in [-0.05, 0) is 51.0 Å². The predicted molar refractivity (Wildman–Crippen MR) is 79.1 cm³/mol. The first-order chi connectivity index (χ1) is 9.22. The SMILES string of the molecule is CCCC1CCCCN1C(=O)CC1NCCCC1C. The Morgan fingerprint density at radius 2 is 2.11 bits per heavy atom. The van der Waals surface area contributed by atoms with Crippen molar-refractivity contribution in [3.63, 3.8) is 0 Å². The highest BCUT2D eigenvalue weighted by molar-refractivity contribution is 5.77. The predicted octanol–water partition coefficient (Wildman–Crippen LogP) is 2.95. The first-order valence-electron chi connectivity index (χ1n) is 8.25. The van der Waals surface area contributed by atoms with Crippen molar-refractivity contribution in [2.75, 3.05) is 13.1 Å². The van der Waals surface area contributed by atoms with Gasteiger partial charge in [0.25, 0.3) is 0 Å². The van der Waals surface area contributed by atoms with E-state index in [2.05, 4.69) is 24.1 Å². The van der Waals surface area contributed by atoms with Crippen molar-refractivity contribution in [3.05, 3.63) is 0 Å². The number of amides is 1. The van der Waals surface area contributed by atoms with Crippen LogP contribution in [0.15, 0.2) is 0 Å². The fourth-order valence-corrected chi connectivity index (χ4v) is 3.65. The normalized spacial score (nSPS) is 32.3. The van der Waals surface area contributed by atoms with Crippen LogP contribution in [0.4, 0.5) is 0 Å². The van der Waals surface area contributed by atoms with E-state index in [1.165, 1.54) is 44.9 Å². The molecule has 2 aliphatic rings. The molecule has 0 spiro atoms. The summed E-state index contributed by atoms with van der Waals surface area (Å²) in [5.41, 5.74) is 0. The van der Waals surface area contributed by atoms with Crippen molar-refractivity contribution in [3.8, 4) is 0 Å². The molecule has 1 amide bonds. The van der Waals surface area contributed by atoms with Gasteiger partial charge < -0.3 is 10.2 Å². The third-order valence-corrected chi connectivity index (χ3v) is 4.89. The van der Waals surface area contributed by atoms with Gasteiger partial charge in [0.05, 0.1) is 0 Å². The molecular weight excluding hydrogens is 236 g/mol. The fraction of sp³-hybridized carbons (Fsp3) is 0.938. The zero-order valence-electron chi connectivity index (χ0n) is 12.7. The van der Waals surface area contributed by atoms with E-state index >= 15 is 0 Å². The molecule has 0 radical (unpaired) electrons. The van der Waals surface area contributed by atoms with Crippen LogP contribution in [0.1, 0.15) is 65.2 Å². The molecule has 2 rings (SSSR count). The van der Waals surface area contributed by atoms with E-state index in [0.717, 1.165) is 13.1 Å². The molecule has 2 aliphatic heterocycles. The Hall–Kier alpha value is -0.570. The largest absolute Gasteiger partial charge is 0.340 e. The van der Waals surface area contributed by atoms with Crippen LogP contribution < -0.4 is 5.32 Å². The molecule has 0 aromatic carbocycles. The number of carbonyl (C=O) groups excluding carboxylic acids is 1. The van der Waals surface area contributed by atoms with Gasteiger partial charge in [0.15, 0.2) is 0 Å². The van der Waals surface area contributed by atoms with Crippen LogP contribution in [0.25, 0.3) is 0 Å². The maximum atomic E-state index is 12.6.